The highest BCUT2D eigenvalue weighted by molar-refractivity contribution is 7.90. The summed E-state index contributed by atoms with van der Waals surface area (Å²) in [5, 5.41) is 0. The Morgan fingerprint density at radius 2 is 1.86 bits per heavy atom. The molecule has 1 unspecified atom stereocenters. The molecule has 0 aromatic heterocycles. The maximum atomic E-state index is 12.9. The number of fused-ring (bicyclic) bond motifs is 1. The second-order valence-electron chi connectivity index (χ2n) is 5.83. The number of hydrogen-bond donors (Lipinski definition) is 1. The van der Waals surface area contributed by atoms with Crippen molar-refractivity contribution in [1.29, 1.82) is 0 Å². The zero-order valence-corrected chi connectivity index (χ0v) is 13.1. The van der Waals surface area contributed by atoms with Crippen LogP contribution >= 0.6 is 0 Å². The second kappa shape index (κ2) is 5.94. The number of para-hydroxylation sites is 1. The number of nitrogens with two attached hydrogens (primary N) is 1. The van der Waals surface area contributed by atoms with Crippen LogP contribution in [0.25, 0.3) is 0 Å². The zero-order valence-electron chi connectivity index (χ0n) is 12.2. The van der Waals surface area contributed by atoms with E-state index in [9.17, 15) is 8.42 Å². The SMILES string of the molecule is NCCC1CN(S(=O)(=O)N2CCCCC2)c2ccccc21. The van der Waals surface area contributed by atoms with Gasteiger partial charge in [0.15, 0.2) is 0 Å². The first-order valence-electron chi connectivity index (χ1n) is 7.71. The highest BCUT2D eigenvalue weighted by Gasteiger charge is 2.38. The summed E-state index contributed by atoms with van der Waals surface area (Å²) in [6, 6.07) is 7.82. The molecule has 2 aliphatic heterocycles. The van der Waals surface area contributed by atoms with Gasteiger partial charge in [0, 0.05) is 25.6 Å². The Hall–Kier alpha value is -1.11. The van der Waals surface area contributed by atoms with Gasteiger partial charge >= 0.3 is 10.2 Å². The van der Waals surface area contributed by atoms with Gasteiger partial charge < -0.3 is 5.73 Å². The molecule has 0 spiro atoms. The van der Waals surface area contributed by atoms with Gasteiger partial charge in [-0.25, -0.2) is 0 Å². The van der Waals surface area contributed by atoms with E-state index in [1.165, 1.54) is 0 Å². The van der Waals surface area contributed by atoms with Gasteiger partial charge in [-0.3, -0.25) is 4.31 Å². The third-order valence-corrected chi connectivity index (χ3v) is 6.39. The summed E-state index contributed by atoms with van der Waals surface area (Å²) in [6.07, 6.45) is 3.86. The molecule has 1 aromatic carbocycles. The average Bonchev–Trinajstić information content (AvgIpc) is 2.88. The Balaban J connectivity index is 1.92. The monoisotopic (exact) mass is 309 g/mol. The van der Waals surface area contributed by atoms with Crippen molar-refractivity contribution >= 4 is 15.9 Å². The first-order chi connectivity index (χ1) is 10.1. The smallest absolute Gasteiger partial charge is 0.304 e. The highest BCUT2D eigenvalue weighted by Crippen LogP contribution is 2.40. The van der Waals surface area contributed by atoms with Crippen LogP contribution in [0, 0.1) is 0 Å². The van der Waals surface area contributed by atoms with Gasteiger partial charge in [-0.2, -0.15) is 12.7 Å². The molecule has 0 amide bonds. The van der Waals surface area contributed by atoms with Crippen LogP contribution in [-0.4, -0.2) is 38.9 Å². The molecule has 1 saturated heterocycles. The molecule has 5 nitrogen and oxygen atoms in total. The lowest BCUT2D eigenvalue weighted by molar-refractivity contribution is 0.345. The van der Waals surface area contributed by atoms with Crippen molar-refractivity contribution in [2.24, 2.45) is 5.73 Å². The Bertz CT molecular complexity index is 597. The number of anilines is 1. The summed E-state index contributed by atoms with van der Waals surface area (Å²) in [5.74, 6) is 0.214. The van der Waals surface area contributed by atoms with Gasteiger partial charge in [-0.1, -0.05) is 24.6 Å². The fourth-order valence-electron chi connectivity index (χ4n) is 3.36. The summed E-state index contributed by atoms with van der Waals surface area (Å²) >= 11 is 0. The predicted octanol–water partition coefficient (Wildman–Crippen LogP) is 1.67. The fraction of sp³-hybridized carbons (Fsp3) is 0.600. The van der Waals surface area contributed by atoms with Crippen molar-refractivity contribution in [3.05, 3.63) is 29.8 Å². The molecule has 3 rings (SSSR count). The van der Waals surface area contributed by atoms with E-state index in [-0.39, 0.29) is 5.92 Å². The summed E-state index contributed by atoms with van der Waals surface area (Å²) in [4.78, 5) is 0. The topological polar surface area (TPSA) is 66.6 Å². The van der Waals surface area contributed by atoms with E-state index >= 15 is 0 Å². The molecule has 6 heteroatoms. The molecule has 1 atom stereocenters. The Morgan fingerprint density at radius 3 is 2.57 bits per heavy atom. The van der Waals surface area contributed by atoms with Crippen LogP contribution in [0.3, 0.4) is 0 Å². The lowest BCUT2D eigenvalue weighted by Gasteiger charge is -2.31. The van der Waals surface area contributed by atoms with Crippen molar-refractivity contribution in [2.45, 2.75) is 31.6 Å². The van der Waals surface area contributed by atoms with E-state index in [2.05, 4.69) is 0 Å². The Kier molecular flexibility index (Phi) is 4.19. The van der Waals surface area contributed by atoms with Crippen LogP contribution in [0.1, 0.15) is 37.2 Å². The Morgan fingerprint density at radius 1 is 1.14 bits per heavy atom. The molecule has 21 heavy (non-hydrogen) atoms. The van der Waals surface area contributed by atoms with Crippen molar-refractivity contribution in [3.63, 3.8) is 0 Å². The number of hydrogen-bond acceptors (Lipinski definition) is 3. The second-order valence-corrected chi connectivity index (χ2v) is 7.68. The highest BCUT2D eigenvalue weighted by atomic mass is 32.2. The van der Waals surface area contributed by atoms with Crippen molar-refractivity contribution in [3.8, 4) is 0 Å². The maximum Gasteiger partial charge on any atom is 0.304 e. The minimum atomic E-state index is -3.40. The first-order valence-corrected chi connectivity index (χ1v) is 9.11. The average molecular weight is 309 g/mol. The van der Waals surface area contributed by atoms with Gasteiger partial charge in [0.2, 0.25) is 0 Å². The van der Waals surface area contributed by atoms with E-state index in [1.807, 2.05) is 24.3 Å². The normalized spacial score (nSPS) is 23.3. The number of benzene rings is 1. The van der Waals surface area contributed by atoms with Crippen LogP contribution in [0.4, 0.5) is 5.69 Å². The molecule has 0 radical (unpaired) electrons. The third kappa shape index (κ3) is 2.67. The molecule has 116 valence electrons. The van der Waals surface area contributed by atoms with Crippen LogP contribution in [0.15, 0.2) is 24.3 Å². The molecular weight excluding hydrogens is 286 g/mol. The number of piperidine rings is 1. The minimum Gasteiger partial charge on any atom is -0.330 e. The molecule has 1 fully saturated rings. The number of nitrogens with zero attached hydrogens (tertiary/aromatic N) is 2. The van der Waals surface area contributed by atoms with E-state index < -0.39 is 10.2 Å². The van der Waals surface area contributed by atoms with E-state index in [0.717, 1.165) is 36.9 Å². The fourth-order valence-corrected chi connectivity index (χ4v) is 5.14. The third-order valence-electron chi connectivity index (χ3n) is 4.47. The lowest BCUT2D eigenvalue weighted by Crippen LogP contribution is -2.45. The van der Waals surface area contributed by atoms with Crippen LogP contribution in [0.5, 0.6) is 0 Å². The van der Waals surface area contributed by atoms with E-state index in [4.69, 9.17) is 5.73 Å². The molecule has 2 aliphatic rings. The summed E-state index contributed by atoms with van der Waals surface area (Å²) in [6.45, 7) is 2.39. The van der Waals surface area contributed by atoms with E-state index in [0.29, 0.717) is 26.2 Å². The van der Waals surface area contributed by atoms with Crippen molar-refractivity contribution in [1.82, 2.24) is 4.31 Å². The van der Waals surface area contributed by atoms with Crippen molar-refractivity contribution in [2.75, 3.05) is 30.5 Å². The van der Waals surface area contributed by atoms with Gasteiger partial charge in [-0.05, 0) is 37.4 Å². The molecule has 0 saturated carbocycles. The molecule has 0 bridgehead atoms. The van der Waals surface area contributed by atoms with Gasteiger partial charge in [0.25, 0.3) is 0 Å². The quantitative estimate of drug-likeness (QED) is 0.920. The van der Waals surface area contributed by atoms with Crippen LogP contribution < -0.4 is 10.0 Å². The molecule has 1 aromatic rings. The Labute approximate surface area is 126 Å². The standard InChI is InChI=1S/C15H23N3O2S/c16-9-8-13-12-18(15-7-3-2-6-14(13)15)21(19,20)17-10-4-1-5-11-17/h2-3,6-7,13H,1,4-5,8-12,16H2. The zero-order chi connectivity index (χ0) is 14.9. The summed E-state index contributed by atoms with van der Waals surface area (Å²) in [5.41, 5.74) is 7.63. The van der Waals surface area contributed by atoms with Crippen LogP contribution in [-0.2, 0) is 10.2 Å². The van der Waals surface area contributed by atoms with Gasteiger partial charge in [-0.15, -0.1) is 0 Å². The predicted molar refractivity (Wildman–Crippen MR) is 84.5 cm³/mol. The van der Waals surface area contributed by atoms with Gasteiger partial charge in [0.1, 0.15) is 0 Å². The van der Waals surface area contributed by atoms with Crippen molar-refractivity contribution < 1.29 is 8.42 Å². The largest absolute Gasteiger partial charge is 0.330 e. The maximum absolute atomic E-state index is 12.9. The first kappa shape index (κ1) is 14.8. The lowest BCUT2D eigenvalue weighted by atomic mass is 9.98. The summed E-state index contributed by atoms with van der Waals surface area (Å²) in [7, 11) is -3.40. The molecule has 0 aliphatic carbocycles. The number of rotatable bonds is 4. The molecular formula is C15H23N3O2S. The van der Waals surface area contributed by atoms with E-state index in [1.54, 1.807) is 8.61 Å². The summed E-state index contributed by atoms with van der Waals surface area (Å²) < 4.78 is 29.1. The van der Waals surface area contributed by atoms with Crippen LogP contribution in [0.2, 0.25) is 0 Å². The van der Waals surface area contributed by atoms with Gasteiger partial charge in [0.05, 0.1) is 5.69 Å². The molecule has 2 heterocycles. The molecule has 2 N–H and O–H groups in total. The minimum absolute atomic E-state index is 0.214.